The maximum Gasteiger partial charge on any atom is 0.339 e. The predicted octanol–water partition coefficient (Wildman–Crippen LogP) is 3.53. The van der Waals surface area contributed by atoms with Gasteiger partial charge in [-0.15, -0.1) is 0 Å². The molecule has 1 heterocycles. The first-order valence-electron chi connectivity index (χ1n) is 6.72. The van der Waals surface area contributed by atoms with Gasteiger partial charge in [0.05, 0.1) is 6.54 Å². The molecule has 1 atom stereocenters. The average Bonchev–Trinajstić information content (AvgIpc) is 2.82. The van der Waals surface area contributed by atoms with E-state index >= 15 is 0 Å². The molecular formula is C16H19NO3. The maximum absolute atomic E-state index is 11.0. The Hall–Kier alpha value is -2.07. The molecule has 2 N–H and O–H groups in total. The van der Waals surface area contributed by atoms with Crippen molar-refractivity contribution in [3.05, 3.63) is 59.0 Å². The van der Waals surface area contributed by atoms with Gasteiger partial charge in [0, 0.05) is 6.04 Å². The van der Waals surface area contributed by atoms with Crippen molar-refractivity contribution in [3.8, 4) is 0 Å². The summed E-state index contributed by atoms with van der Waals surface area (Å²) in [6.45, 7) is 4.30. The number of carbonyl (C=O) groups is 1. The molecule has 2 aromatic rings. The molecule has 1 aromatic carbocycles. The topological polar surface area (TPSA) is 62.5 Å². The van der Waals surface area contributed by atoms with Crippen molar-refractivity contribution in [1.29, 1.82) is 0 Å². The summed E-state index contributed by atoms with van der Waals surface area (Å²) in [5.41, 5.74) is 1.45. The zero-order valence-corrected chi connectivity index (χ0v) is 11.7. The van der Waals surface area contributed by atoms with Gasteiger partial charge in [0.1, 0.15) is 17.1 Å². The van der Waals surface area contributed by atoms with Gasteiger partial charge in [-0.1, -0.05) is 37.3 Å². The minimum atomic E-state index is -0.951. The van der Waals surface area contributed by atoms with Crippen LogP contribution >= 0.6 is 0 Å². The number of furan rings is 1. The summed E-state index contributed by atoms with van der Waals surface area (Å²) >= 11 is 0. The third-order valence-electron chi connectivity index (χ3n) is 3.33. The molecule has 0 saturated heterocycles. The number of aromatic carboxylic acids is 1. The van der Waals surface area contributed by atoms with E-state index in [1.54, 1.807) is 13.0 Å². The van der Waals surface area contributed by atoms with Gasteiger partial charge in [-0.2, -0.15) is 0 Å². The van der Waals surface area contributed by atoms with Crippen molar-refractivity contribution >= 4 is 5.97 Å². The van der Waals surface area contributed by atoms with E-state index in [9.17, 15) is 4.79 Å². The van der Waals surface area contributed by atoms with Crippen LogP contribution < -0.4 is 5.32 Å². The highest BCUT2D eigenvalue weighted by molar-refractivity contribution is 5.88. The van der Waals surface area contributed by atoms with Gasteiger partial charge in [-0.25, -0.2) is 4.79 Å². The minimum absolute atomic E-state index is 0.231. The molecule has 20 heavy (non-hydrogen) atoms. The molecule has 0 aliphatic carbocycles. The Morgan fingerprint density at radius 3 is 2.60 bits per heavy atom. The van der Waals surface area contributed by atoms with Crippen LogP contribution in [0.3, 0.4) is 0 Å². The van der Waals surface area contributed by atoms with Crippen molar-refractivity contribution in [2.75, 3.05) is 0 Å². The quantitative estimate of drug-likeness (QED) is 0.845. The number of hydrogen-bond donors (Lipinski definition) is 2. The first-order chi connectivity index (χ1) is 9.61. The standard InChI is InChI=1S/C16H19NO3/c1-3-15(12-7-5-4-6-8-12)17-10-13-9-14(16(18)19)11(2)20-13/h4-9,15,17H,3,10H2,1-2H3,(H,18,19). The number of carboxylic acid groups (broad SMARTS) is 1. The molecule has 0 aliphatic heterocycles. The van der Waals surface area contributed by atoms with Crippen LogP contribution in [0.2, 0.25) is 0 Å². The average molecular weight is 273 g/mol. The molecule has 1 aromatic heterocycles. The van der Waals surface area contributed by atoms with Crippen molar-refractivity contribution < 1.29 is 14.3 Å². The summed E-state index contributed by atoms with van der Waals surface area (Å²) in [6.07, 6.45) is 0.954. The Labute approximate surface area is 118 Å². The Morgan fingerprint density at radius 2 is 2.05 bits per heavy atom. The third-order valence-corrected chi connectivity index (χ3v) is 3.33. The highest BCUT2D eigenvalue weighted by Gasteiger charge is 2.15. The first-order valence-corrected chi connectivity index (χ1v) is 6.72. The van der Waals surface area contributed by atoms with Gasteiger partial charge in [0.2, 0.25) is 0 Å². The van der Waals surface area contributed by atoms with Gasteiger partial charge in [0.15, 0.2) is 0 Å². The Bertz CT molecular complexity index is 575. The summed E-state index contributed by atoms with van der Waals surface area (Å²) in [4.78, 5) is 11.0. The molecule has 0 bridgehead atoms. The lowest BCUT2D eigenvalue weighted by atomic mass is 10.0. The fourth-order valence-electron chi connectivity index (χ4n) is 2.25. The van der Waals surface area contributed by atoms with Crippen molar-refractivity contribution in [3.63, 3.8) is 0 Å². The largest absolute Gasteiger partial charge is 0.478 e. The third kappa shape index (κ3) is 3.27. The predicted molar refractivity (Wildman–Crippen MR) is 76.7 cm³/mol. The molecule has 0 fully saturated rings. The monoisotopic (exact) mass is 273 g/mol. The second-order valence-electron chi connectivity index (χ2n) is 4.74. The van der Waals surface area contributed by atoms with E-state index in [0.29, 0.717) is 18.1 Å². The lowest BCUT2D eigenvalue weighted by Gasteiger charge is -2.16. The zero-order chi connectivity index (χ0) is 14.5. The van der Waals surface area contributed by atoms with Crippen LogP contribution in [-0.4, -0.2) is 11.1 Å². The summed E-state index contributed by atoms with van der Waals surface area (Å²) in [5, 5.41) is 12.4. The Balaban J connectivity index is 2.04. The highest BCUT2D eigenvalue weighted by atomic mass is 16.4. The Morgan fingerprint density at radius 1 is 1.35 bits per heavy atom. The molecule has 106 valence electrons. The maximum atomic E-state index is 11.0. The van der Waals surface area contributed by atoms with E-state index in [0.717, 1.165) is 6.42 Å². The van der Waals surface area contributed by atoms with Gasteiger partial charge in [0.25, 0.3) is 0 Å². The molecule has 0 saturated carbocycles. The minimum Gasteiger partial charge on any atom is -0.478 e. The summed E-state index contributed by atoms with van der Waals surface area (Å²) in [7, 11) is 0. The second-order valence-corrected chi connectivity index (χ2v) is 4.74. The summed E-state index contributed by atoms with van der Waals surface area (Å²) < 4.78 is 5.46. The smallest absolute Gasteiger partial charge is 0.339 e. The molecule has 0 radical (unpaired) electrons. The number of rotatable bonds is 6. The fourth-order valence-corrected chi connectivity index (χ4v) is 2.25. The van der Waals surface area contributed by atoms with Gasteiger partial charge >= 0.3 is 5.97 Å². The van der Waals surface area contributed by atoms with Crippen LogP contribution in [0.25, 0.3) is 0 Å². The second kappa shape index (κ2) is 6.39. The zero-order valence-electron chi connectivity index (χ0n) is 11.7. The van der Waals surface area contributed by atoms with E-state index in [2.05, 4.69) is 24.4 Å². The van der Waals surface area contributed by atoms with E-state index in [-0.39, 0.29) is 11.6 Å². The molecule has 0 amide bonds. The lowest BCUT2D eigenvalue weighted by Crippen LogP contribution is -2.19. The normalized spacial score (nSPS) is 12.3. The molecule has 1 unspecified atom stereocenters. The fraction of sp³-hybridized carbons (Fsp3) is 0.312. The van der Waals surface area contributed by atoms with Crippen LogP contribution in [0.15, 0.2) is 40.8 Å². The van der Waals surface area contributed by atoms with Crippen molar-refractivity contribution in [2.24, 2.45) is 0 Å². The summed E-state index contributed by atoms with van der Waals surface area (Å²) in [6, 6.07) is 12.0. The van der Waals surface area contributed by atoms with Gasteiger partial charge < -0.3 is 14.8 Å². The number of carboxylic acids is 1. The molecule has 4 nitrogen and oxygen atoms in total. The van der Waals surface area contributed by atoms with E-state index in [4.69, 9.17) is 9.52 Å². The SMILES string of the molecule is CCC(NCc1cc(C(=O)O)c(C)o1)c1ccccc1. The number of benzene rings is 1. The number of hydrogen-bond acceptors (Lipinski definition) is 3. The van der Waals surface area contributed by atoms with Crippen LogP contribution in [-0.2, 0) is 6.54 Å². The number of aryl methyl sites for hydroxylation is 1. The molecule has 2 rings (SSSR count). The van der Waals surface area contributed by atoms with Crippen LogP contribution in [0.4, 0.5) is 0 Å². The molecule has 4 heteroatoms. The molecule has 0 spiro atoms. The van der Waals surface area contributed by atoms with Crippen LogP contribution in [0, 0.1) is 6.92 Å². The van der Waals surface area contributed by atoms with Crippen molar-refractivity contribution in [2.45, 2.75) is 32.9 Å². The molecular weight excluding hydrogens is 254 g/mol. The first kappa shape index (κ1) is 14.3. The van der Waals surface area contributed by atoms with Crippen molar-refractivity contribution in [1.82, 2.24) is 5.32 Å². The van der Waals surface area contributed by atoms with E-state index in [1.807, 2.05) is 18.2 Å². The Kier molecular flexibility index (Phi) is 4.58. The van der Waals surface area contributed by atoms with Crippen LogP contribution in [0.1, 0.15) is 46.8 Å². The van der Waals surface area contributed by atoms with Gasteiger partial charge in [-0.3, -0.25) is 0 Å². The number of nitrogens with one attached hydrogen (secondary N) is 1. The molecule has 0 aliphatic rings. The van der Waals surface area contributed by atoms with E-state index < -0.39 is 5.97 Å². The van der Waals surface area contributed by atoms with Crippen LogP contribution in [0.5, 0.6) is 0 Å². The highest BCUT2D eigenvalue weighted by Crippen LogP contribution is 2.19. The lowest BCUT2D eigenvalue weighted by molar-refractivity contribution is 0.0695. The van der Waals surface area contributed by atoms with E-state index in [1.165, 1.54) is 5.56 Å². The van der Waals surface area contributed by atoms with Gasteiger partial charge in [-0.05, 0) is 25.0 Å². The summed E-state index contributed by atoms with van der Waals surface area (Å²) in [5.74, 6) is 0.143.